The number of rotatable bonds is 11. The highest BCUT2D eigenvalue weighted by Crippen LogP contribution is 2.49. The van der Waals surface area contributed by atoms with E-state index in [1.165, 1.54) is 6.92 Å². The number of carbonyl (C=O) groups excluding carboxylic acids is 5. The summed E-state index contributed by atoms with van der Waals surface area (Å²) in [5.41, 5.74) is 0. The summed E-state index contributed by atoms with van der Waals surface area (Å²) in [6.45, 7) is 1.58. The summed E-state index contributed by atoms with van der Waals surface area (Å²) in [6.07, 6.45) is -3.60. The molecule has 2 aliphatic carbocycles. The summed E-state index contributed by atoms with van der Waals surface area (Å²) in [6, 6.07) is -6.15. The summed E-state index contributed by atoms with van der Waals surface area (Å²) in [4.78, 5) is 64.4. The van der Waals surface area contributed by atoms with Crippen LogP contribution in [0.3, 0.4) is 0 Å². The number of halogens is 6. The molecular formula is C28H36F6N4O6. The van der Waals surface area contributed by atoms with E-state index in [9.17, 15) is 41.5 Å². The molecule has 0 spiro atoms. The average Bonchev–Trinajstić information content (AvgIpc) is 3.31. The molecule has 0 radical (unpaired) electrons. The zero-order valence-corrected chi connectivity index (χ0v) is 24.1. The normalized spacial score (nSPS) is 28.0. The van der Waals surface area contributed by atoms with Gasteiger partial charge < -0.3 is 25.6 Å². The lowest BCUT2D eigenvalue weighted by Crippen LogP contribution is -2.71. The lowest BCUT2D eigenvalue weighted by atomic mass is 9.71. The van der Waals surface area contributed by atoms with Crippen molar-refractivity contribution in [3.63, 3.8) is 0 Å². The maximum atomic E-state index is 15.2. The van der Waals surface area contributed by atoms with Gasteiger partial charge in [-0.25, -0.2) is 13.6 Å². The number of ether oxygens (including phenoxy) is 1. The third-order valence-electron chi connectivity index (χ3n) is 8.96. The molecule has 5 fully saturated rings. The fourth-order valence-corrected chi connectivity index (χ4v) is 6.59. The number of alkyl halides is 5. The third-order valence-corrected chi connectivity index (χ3v) is 8.96. The van der Waals surface area contributed by atoms with Crippen molar-refractivity contribution in [2.75, 3.05) is 13.2 Å². The number of hydrogen-bond acceptors (Lipinski definition) is 6. The van der Waals surface area contributed by atoms with Crippen LogP contribution in [0.2, 0.25) is 0 Å². The monoisotopic (exact) mass is 638 g/mol. The molecule has 4 amide bonds. The van der Waals surface area contributed by atoms with Gasteiger partial charge in [-0.1, -0.05) is 19.3 Å². The van der Waals surface area contributed by atoms with E-state index in [0.29, 0.717) is 31.9 Å². The molecule has 44 heavy (non-hydrogen) atoms. The van der Waals surface area contributed by atoms with Gasteiger partial charge >= 0.3 is 18.1 Å². The van der Waals surface area contributed by atoms with Crippen LogP contribution >= 0.6 is 0 Å². The first kappa shape index (κ1) is 33.6. The van der Waals surface area contributed by atoms with Crippen LogP contribution in [-0.4, -0.2) is 83.9 Å². The highest BCUT2D eigenvalue weighted by atomic mass is 19.4. The summed E-state index contributed by atoms with van der Waals surface area (Å²) >= 11 is 0. The van der Waals surface area contributed by atoms with Crippen molar-refractivity contribution in [2.24, 2.45) is 17.8 Å². The van der Waals surface area contributed by atoms with Gasteiger partial charge in [0.05, 0.1) is 18.6 Å². The number of piperidine rings is 2. The second-order valence-electron chi connectivity index (χ2n) is 11.9. The fourth-order valence-electron chi connectivity index (χ4n) is 6.59. The highest BCUT2D eigenvalue weighted by Gasteiger charge is 2.61. The molecular weight excluding hydrogens is 602 g/mol. The van der Waals surface area contributed by atoms with Crippen LogP contribution in [0.5, 0.6) is 0 Å². The minimum atomic E-state index is -5.31. The topological polar surface area (TPSA) is 134 Å². The van der Waals surface area contributed by atoms with Crippen LogP contribution in [0, 0.1) is 17.8 Å². The van der Waals surface area contributed by atoms with E-state index in [1.807, 2.05) is 0 Å². The van der Waals surface area contributed by atoms with Crippen LogP contribution < -0.4 is 16.0 Å². The molecule has 2 bridgehead atoms. The molecule has 5 rings (SSSR count). The van der Waals surface area contributed by atoms with Crippen molar-refractivity contribution in [1.29, 1.82) is 0 Å². The van der Waals surface area contributed by atoms with Gasteiger partial charge in [0.1, 0.15) is 12.1 Å². The highest BCUT2D eigenvalue weighted by molar-refractivity contribution is 5.94. The molecule has 0 aromatic rings. The van der Waals surface area contributed by atoms with Crippen molar-refractivity contribution in [1.82, 2.24) is 20.9 Å². The van der Waals surface area contributed by atoms with Crippen LogP contribution in [-0.2, 0) is 28.7 Å². The van der Waals surface area contributed by atoms with E-state index in [-0.39, 0.29) is 38.2 Å². The van der Waals surface area contributed by atoms with Gasteiger partial charge in [-0.2, -0.15) is 17.6 Å². The Labute approximate surface area is 249 Å². The summed E-state index contributed by atoms with van der Waals surface area (Å²) in [5, 5.41) is 6.69. The number of amides is 4. The van der Waals surface area contributed by atoms with Crippen LogP contribution in [0.4, 0.5) is 26.3 Å². The van der Waals surface area contributed by atoms with Gasteiger partial charge in [-0.05, 0) is 51.0 Å². The van der Waals surface area contributed by atoms with Crippen molar-refractivity contribution in [2.45, 2.75) is 101 Å². The molecule has 3 heterocycles. The Kier molecular flexibility index (Phi) is 10.2. The number of carbonyl (C=O) groups is 5. The Balaban J connectivity index is 1.64. The Bertz CT molecular complexity index is 1180. The first-order valence-electron chi connectivity index (χ1n) is 14.8. The second kappa shape index (κ2) is 13.3. The van der Waals surface area contributed by atoms with Crippen molar-refractivity contribution < 1.29 is 55.1 Å². The predicted molar refractivity (Wildman–Crippen MR) is 140 cm³/mol. The molecule has 246 valence electrons. The van der Waals surface area contributed by atoms with Crippen molar-refractivity contribution in [3.05, 3.63) is 11.9 Å². The smallest absolute Gasteiger partial charge is 0.461 e. The van der Waals surface area contributed by atoms with Gasteiger partial charge in [0.15, 0.2) is 0 Å². The maximum Gasteiger partial charge on any atom is 0.471 e. The molecule has 3 aliphatic heterocycles. The molecule has 6 atom stereocenters. The minimum Gasteiger partial charge on any atom is -0.461 e. The molecule has 10 nitrogen and oxygen atoms in total. The summed E-state index contributed by atoms with van der Waals surface area (Å²) < 4.78 is 89.1. The summed E-state index contributed by atoms with van der Waals surface area (Å²) in [7, 11) is 0. The molecule has 0 aromatic carbocycles. The SMILES string of the molecule is CCOC(=O)/C(F)=C\[C@@H](C[C@@H]1CCNC1=O)NC(=O)[C@@H]1[C@H]2CC[C@H](CC2(F)F)N1C(=O)[C@@H](CC1CCC1)NC(=O)C(F)(F)F. The Morgan fingerprint density at radius 2 is 1.80 bits per heavy atom. The van der Waals surface area contributed by atoms with Crippen molar-refractivity contribution in [3.8, 4) is 0 Å². The van der Waals surface area contributed by atoms with E-state index in [4.69, 9.17) is 0 Å². The molecule has 16 heteroatoms. The summed E-state index contributed by atoms with van der Waals surface area (Å²) in [5.74, 6) is -13.7. The predicted octanol–water partition coefficient (Wildman–Crippen LogP) is 2.67. The number of nitrogens with zero attached hydrogens (tertiary/aromatic N) is 1. The molecule has 3 N–H and O–H groups in total. The second-order valence-corrected chi connectivity index (χ2v) is 11.9. The fraction of sp³-hybridized carbons (Fsp3) is 0.750. The molecule has 0 unspecified atom stereocenters. The average molecular weight is 639 g/mol. The zero-order chi connectivity index (χ0) is 32.4. The van der Waals surface area contributed by atoms with Gasteiger partial charge in [-0.15, -0.1) is 0 Å². The quantitative estimate of drug-likeness (QED) is 0.181. The zero-order valence-electron chi connectivity index (χ0n) is 24.1. The van der Waals surface area contributed by atoms with Crippen molar-refractivity contribution >= 4 is 29.6 Å². The largest absolute Gasteiger partial charge is 0.471 e. The Hall–Kier alpha value is -3.33. The number of fused-ring (bicyclic) bond motifs is 3. The van der Waals surface area contributed by atoms with Crippen LogP contribution in [0.15, 0.2) is 11.9 Å². The van der Waals surface area contributed by atoms with Gasteiger partial charge in [-0.3, -0.25) is 19.2 Å². The van der Waals surface area contributed by atoms with Crippen LogP contribution in [0.25, 0.3) is 0 Å². The third kappa shape index (κ3) is 7.48. The number of nitrogens with one attached hydrogen (secondary N) is 3. The van der Waals surface area contributed by atoms with E-state index >= 15 is 8.78 Å². The minimum absolute atomic E-state index is 0.0577. The molecule has 5 aliphatic rings. The molecule has 2 saturated carbocycles. The number of hydrogen-bond donors (Lipinski definition) is 3. The maximum absolute atomic E-state index is 15.2. The number of esters is 1. The lowest BCUT2D eigenvalue weighted by molar-refractivity contribution is -0.196. The molecule has 3 saturated heterocycles. The van der Waals surface area contributed by atoms with E-state index in [0.717, 1.165) is 11.3 Å². The van der Waals surface area contributed by atoms with E-state index in [1.54, 1.807) is 5.32 Å². The van der Waals surface area contributed by atoms with Gasteiger partial charge in [0, 0.05) is 24.9 Å². The Morgan fingerprint density at radius 1 is 1.09 bits per heavy atom. The van der Waals surface area contributed by atoms with Gasteiger partial charge in [0.2, 0.25) is 23.5 Å². The van der Waals surface area contributed by atoms with Crippen LogP contribution in [0.1, 0.15) is 64.7 Å². The standard InChI is InChI=1S/C28H36F6N4O6/c1-2-44-25(42)19(29)12-16(11-15-8-9-35-22(15)39)36-23(40)21-18-7-6-17(13-27(18,30)31)38(21)24(41)20(10-14-4-3-5-14)37-26(43)28(32,33)34/h12,14-18,20-21H,2-11,13H2,1H3,(H,35,39)(H,36,40)(H,37,43)/b19-12+/t15-,16+,17+,18+,20+,21-/m0/s1. The molecule has 0 aromatic heterocycles. The van der Waals surface area contributed by atoms with E-state index in [2.05, 4.69) is 15.4 Å². The Morgan fingerprint density at radius 3 is 2.34 bits per heavy atom. The lowest BCUT2D eigenvalue weighted by Gasteiger charge is -2.54. The van der Waals surface area contributed by atoms with Gasteiger partial charge in [0.25, 0.3) is 5.92 Å². The van der Waals surface area contributed by atoms with E-state index < -0.39 is 89.9 Å². The first-order chi connectivity index (χ1) is 20.6. The first-order valence-corrected chi connectivity index (χ1v) is 14.8.